The second-order valence-electron chi connectivity index (χ2n) is 2.69. The van der Waals surface area contributed by atoms with Crippen LogP contribution in [0.15, 0.2) is 24.3 Å². The van der Waals surface area contributed by atoms with Gasteiger partial charge in [-0.2, -0.15) is 5.26 Å². The molecule has 0 spiro atoms. The summed E-state index contributed by atoms with van der Waals surface area (Å²) in [6, 6.07) is 10.1. The van der Waals surface area contributed by atoms with E-state index in [1.165, 1.54) is 5.56 Å². The van der Waals surface area contributed by atoms with Crippen LogP contribution in [0.2, 0.25) is 0 Å². The first-order chi connectivity index (χ1) is 5.86. The molecule has 2 nitrogen and oxygen atoms in total. The normalized spacial score (nSPS) is 9.33. The summed E-state index contributed by atoms with van der Waals surface area (Å²) in [4.78, 5) is 0. The van der Waals surface area contributed by atoms with Gasteiger partial charge in [0.15, 0.2) is 0 Å². The molecular formula is C10H12N2. The quantitative estimate of drug-likeness (QED) is 0.723. The van der Waals surface area contributed by atoms with Crippen molar-refractivity contribution in [2.24, 2.45) is 5.73 Å². The maximum atomic E-state index is 8.47. The molecule has 0 fully saturated rings. The van der Waals surface area contributed by atoms with Gasteiger partial charge < -0.3 is 5.73 Å². The number of nitrogens with zero attached hydrogens (tertiary/aromatic N) is 1. The van der Waals surface area contributed by atoms with E-state index in [1.807, 2.05) is 24.3 Å². The third kappa shape index (κ3) is 2.37. The Morgan fingerprint density at radius 3 is 2.75 bits per heavy atom. The van der Waals surface area contributed by atoms with Gasteiger partial charge in [0.1, 0.15) is 0 Å². The van der Waals surface area contributed by atoms with Crippen LogP contribution in [0, 0.1) is 11.3 Å². The van der Waals surface area contributed by atoms with Crippen LogP contribution in [0.4, 0.5) is 0 Å². The number of nitrogens with two attached hydrogens (primary N) is 1. The maximum absolute atomic E-state index is 8.47. The molecule has 0 unspecified atom stereocenters. The van der Waals surface area contributed by atoms with E-state index in [0.29, 0.717) is 13.0 Å². The zero-order chi connectivity index (χ0) is 8.81. The van der Waals surface area contributed by atoms with Gasteiger partial charge in [-0.25, -0.2) is 0 Å². The minimum Gasteiger partial charge on any atom is -0.330 e. The van der Waals surface area contributed by atoms with Crippen molar-refractivity contribution >= 4 is 0 Å². The predicted octanol–water partition coefficient (Wildman–Crippen LogP) is 1.25. The second-order valence-corrected chi connectivity index (χ2v) is 2.69. The highest BCUT2D eigenvalue weighted by atomic mass is 14.5. The Morgan fingerprint density at radius 1 is 1.33 bits per heavy atom. The van der Waals surface area contributed by atoms with E-state index in [0.717, 1.165) is 12.0 Å². The number of hydrogen-bond acceptors (Lipinski definition) is 2. The first kappa shape index (κ1) is 8.76. The number of rotatable bonds is 3. The molecule has 1 rings (SSSR count). The largest absolute Gasteiger partial charge is 0.330 e. The molecule has 0 bridgehead atoms. The average molecular weight is 160 g/mol. The van der Waals surface area contributed by atoms with E-state index in [1.54, 1.807) is 0 Å². The minimum atomic E-state index is 0.485. The highest BCUT2D eigenvalue weighted by molar-refractivity contribution is 5.25. The maximum Gasteiger partial charge on any atom is 0.0669 e. The summed E-state index contributed by atoms with van der Waals surface area (Å²) in [5.74, 6) is 0. The molecule has 0 heterocycles. The Morgan fingerprint density at radius 2 is 2.08 bits per heavy atom. The monoisotopic (exact) mass is 160 g/mol. The van der Waals surface area contributed by atoms with E-state index in [4.69, 9.17) is 11.0 Å². The van der Waals surface area contributed by atoms with Gasteiger partial charge in [-0.15, -0.1) is 0 Å². The van der Waals surface area contributed by atoms with Crippen molar-refractivity contribution in [1.29, 1.82) is 5.26 Å². The summed E-state index contributed by atoms with van der Waals surface area (Å²) in [5, 5.41) is 8.47. The molecule has 0 radical (unpaired) electrons. The van der Waals surface area contributed by atoms with Crippen LogP contribution in [0.3, 0.4) is 0 Å². The molecular weight excluding hydrogens is 148 g/mol. The Kier molecular flexibility index (Phi) is 3.31. The van der Waals surface area contributed by atoms with Crippen LogP contribution >= 0.6 is 0 Å². The predicted molar refractivity (Wildman–Crippen MR) is 48.5 cm³/mol. The summed E-state index contributed by atoms with van der Waals surface area (Å²) in [6.45, 7) is 0.663. The van der Waals surface area contributed by atoms with E-state index in [9.17, 15) is 0 Å². The molecule has 62 valence electrons. The summed E-state index contributed by atoms with van der Waals surface area (Å²) in [5.41, 5.74) is 7.71. The molecule has 0 aromatic heterocycles. The van der Waals surface area contributed by atoms with Crippen molar-refractivity contribution in [3.05, 3.63) is 35.4 Å². The SMILES string of the molecule is N#CCc1cccc(CCN)c1. The Hall–Kier alpha value is -1.33. The standard InChI is InChI=1S/C10H12N2/c11-6-4-9-2-1-3-10(8-9)5-7-12/h1-3,8H,4-6,11H2. The highest BCUT2D eigenvalue weighted by Gasteiger charge is 1.93. The average Bonchev–Trinajstić information content (AvgIpc) is 2.06. The van der Waals surface area contributed by atoms with Crippen molar-refractivity contribution in [3.63, 3.8) is 0 Å². The summed E-state index contributed by atoms with van der Waals surface area (Å²) in [6.07, 6.45) is 1.37. The van der Waals surface area contributed by atoms with Gasteiger partial charge in [0.05, 0.1) is 12.5 Å². The molecule has 0 amide bonds. The molecule has 2 N–H and O–H groups in total. The number of hydrogen-bond donors (Lipinski definition) is 1. The molecule has 0 saturated heterocycles. The van der Waals surface area contributed by atoms with Gasteiger partial charge in [0, 0.05) is 0 Å². The van der Waals surface area contributed by atoms with Gasteiger partial charge in [0.2, 0.25) is 0 Å². The molecule has 2 heteroatoms. The molecule has 0 aliphatic rings. The van der Waals surface area contributed by atoms with Gasteiger partial charge in [-0.3, -0.25) is 0 Å². The number of benzene rings is 1. The highest BCUT2D eigenvalue weighted by Crippen LogP contribution is 2.05. The molecule has 0 aliphatic carbocycles. The van der Waals surface area contributed by atoms with Crippen LogP contribution in [0.1, 0.15) is 11.1 Å². The lowest BCUT2D eigenvalue weighted by molar-refractivity contribution is 0.965. The minimum absolute atomic E-state index is 0.485. The lowest BCUT2D eigenvalue weighted by Gasteiger charge is -1.99. The Balaban J connectivity index is 2.75. The van der Waals surface area contributed by atoms with Crippen LogP contribution in [0.25, 0.3) is 0 Å². The third-order valence-corrected chi connectivity index (χ3v) is 1.71. The zero-order valence-electron chi connectivity index (χ0n) is 6.96. The molecule has 0 aliphatic heterocycles. The van der Waals surface area contributed by atoms with Gasteiger partial charge in [0.25, 0.3) is 0 Å². The molecule has 1 aromatic carbocycles. The zero-order valence-corrected chi connectivity index (χ0v) is 6.96. The summed E-state index contributed by atoms with van der Waals surface area (Å²) < 4.78 is 0. The fourth-order valence-corrected chi connectivity index (χ4v) is 1.15. The van der Waals surface area contributed by atoms with Crippen molar-refractivity contribution in [3.8, 4) is 6.07 Å². The molecule has 1 aromatic rings. The molecule has 0 saturated carbocycles. The van der Waals surface area contributed by atoms with E-state index in [-0.39, 0.29) is 0 Å². The second kappa shape index (κ2) is 4.53. The fraction of sp³-hybridized carbons (Fsp3) is 0.300. The number of nitriles is 1. The first-order valence-corrected chi connectivity index (χ1v) is 4.01. The third-order valence-electron chi connectivity index (χ3n) is 1.71. The lowest BCUT2D eigenvalue weighted by Crippen LogP contribution is -2.02. The van der Waals surface area contributed by atoms with Crippen molar-refractivity contribution in [2.75, 3.05) is 6.54 Å². The van der Waals surface area contributed by atoms with Crippen molar-refractivity contribution < 1.29 is 0 Å². The van der Waals surface area contributed by atoms with Gasteiger partial charge in [-0.05, 0) is 24.1 Å². The smallest absolute Gasteiger partial charge is 0.0669 e. The van der Waals surface area contributed by atoms with Gasteiger partial charge in [-0.1, -0.05) is 24.3 Å². The van der Waals surface area contributed by atoms with Crippen molar-refractivity contribution in [1.82, 2.24) is 0 Å². The van der Waals surface area contributed by atoms with Crippen LogP contribution < -0.4 is 5.73 Å². The first-order valence-electron chi connectivity index (χ1n) is 4.01. The van der Waals surface area contributed by atoms with E-state index >= 15 is 0 Å². The van der Waals surface area contributed by atoms with Crippen LogP contribution in [-0.4, -0.2) is 6.54 Å². The fourth-order valence-electron chi connectivity index (χ4n) is 1.15. The van der Waals surface area contributed by atoms with Crippen LogP contribution in [0.5, 0.6) is 0 Å². The van der Waals surface area contributed by atoms with E-state index in [2.05, 4.69) is 6.07 Å². The van der Waals surface area contributed by atoms with E-state index < -0.39 is 0 Å². The Bertz CT molecular complexity index is 286. The van der Waals surface area contributed by atoms with Gasteiger partial charge >= 0.3 is 0 Å². The van der Waals surface area contributed by atoms with Crippen molar-refractivity contribution in [2.45, 2.75) is 12.8 Å². The molecule has 0 atom stereocenters. The summed E-state index contributed by atoms with van der Waals surface area (Å²) in [7, 11) is 0. The van der Waals surface area contributed by atoms with Crippen LogP contribution in [-0.2, 0) is 12.8 Å². The Labute approximate surface area is 72.6 Å². The topological polar surface area (TPSA) is 49.8 Å². The molecule has 12 heavy (non-hydrogen) atoms. The lowest BCUT2D eigenvalue weighted by atomic mass is 10.1. The summed E-state index contributed by atoms with van der Waals surface area (Å²) >= 11 is 0.